The Bertz CT molecular complexity index is 246. The van der Waals surface area contributed by atoms with E-state index in [-0.39, 0.29) is 24.2 Å². The summed E-state index contributed by atoms with van der Waals surface area (Å²) in [5.41, 5.74) is 5.74. The summed E-state index contributed by atoms with van der Waals surface area (Å²) >= 11 is 0. The van der Waals surface area contributed by atoms with E-state index in [1.807, 2.05) is 13.8 Å². The zero-order valence-corrected chi connectivity index (χ0v) is 11.0. The van der Waals surface area contributed by atoms with Crippen LogP contribution in [0.2, 0.25) is 0 Å². The largest absolute Gasteiger partial charge is 0.462 e. The molecule has 1 fully saturated rings. The summed E-state index contributed by atoms with van der Waals surface area (Å²) in [7, 11) is 1.72. The molecule has 2 N–H and O–H groups in total. The van der Waals surface area contributed by atoms with Crippen LogP contribution in [0.15, 0.2) is 0 Å². The normalized spacial score (nSPS) is 26.2. The van der Waals surface area contributed by atoms with Crippen LogP contribution in [0.1, 0.15) is 26.7 Å². The van der Waals surface area contributed by atoms with Gasteiger partial charge in [-0.2, -0.15) is 0 Å². The summed E-state index contributed by atoms with van der Waals surface area (Å²) < 4.78 is 10.5. The number of ether oxygens (including phenoxy) is 2. The number of likely N-dealkylation sites (tertiary alicyclic amines) is 1. The highest BCUT2D eigenvalue weighted by atomic mass is 16.5. The Morgan fingerprint density at radius 1 is 1.53 bits per heavy atom. The average molecular weight is 244 g/mol. The minimum atomic E-state index is -0.172. The van der Waals surface area contributed by atoms with Crippen molar-refractivity contribution in [3.05, 3.63) is 0 Å². The number of nitrogens with two attached hydrogens (primary N) is 1. The minimum Gasteiger partial charge on any atom is -0.462 e. The van der Waals surface area contributed by atoms with Crippen LogP contribution >= 0.6 is 0 Å². The molecule has 100 valence electrons. The van der Waals surface area contributed by atoms with Gasteiger partial charge in [0.1, 0.15) is 0 Å². The van der Waals surface area contributed by atoms with Crippen molar-refractivity contribution in [2.45, 2.75) is 44.9 Å². The van der Waals surface area contributed by atoms with Crippen LogP contribution in [0.5, 0.6) is 0 Å². The fraction of sp³-hybridized carbons (Fsp3) is 0.917. The van der Waals surface area contributed by atoms with Crippen molar-refractivity contribution in [2.75, 3.05) is 26.7 Å². The van der Waals surface area contributed by atoms with Crippen LogP contribution in [0.4, 0.5) is 0 Å². The van der Waals surface area contributed by atoms with E-state index in [2.05, 4.69) is 4.90 Å². The number of carbonyl (C=O) groups is 1. The Labute approximate surface area is 103 Å². The molecule has 2 atom stereocenters. The van der Waals surface area contributed by atoms with Gasteiger partial charge in [-0.05, 0) is 26.7 Å². The number of carbonyl (C=O) groups excluding carboxylic acids is 1. The number of hydrogen-bond donors (Lipinski definition) is 1. The first-order valence-electron chi connectivity index (χ1n) is 6.23. The molecule has 1 heterocycles. The number of methoxy groups -OCH3 is 1. The molecule has 0 aromatic carbocycles. The lowest BCUT2D eigenvalue weighted by atomic mass is 9.99. The molecule has 5 nitrogen and oxygen atoms in total. The second-order valence-electron chi connectivity index (χ2n) is 4.78. The van der Waals surface area contributed by atoms with Gasteiger partial charge in [-0.1, -0.05) is 0 Å². The van der Waals surface area contributed by atoms with Crippen molar-refractivity contribution in [1.29, 1.82) is 0 Å². The number of rotatable bonds is 5. The molecule has 1 rings (SSSR count). The molecule has 1 aliphatic heterocycles. The first-order valence-corrected chi connectivity index (χ1v) is 6.23. The van der Waals surface area contributed by atoms with Crippen LogP contribution in [-0.2, 0) is 14.3 Å². The van der Waals surface area contributed by atoms with Gasteiger partial charge in [0.25, 0.3) is 0 Å². The van der Waals surface area contributed by atoms with Crippen LogP contribution < -0.4 is 5.73 Å². The van der Waals surface area contributed by atoms with Gasteiger partial charge >= 0.3 is 5.97 Å². The average Bonchev–Trinajstić information content (AvgIpc) is 2.28. The number of piperidine rings is 1. The van der Waals surface area contributed by atoms with Crippen LogP contribution in [0.25, 0.3) is 0 Å². The molecule has 0 aromatic rings. The molecule has 0 amide bonds. The monoisotopic (exact) mass is 244 g/mol. The molecule has 17 heavy (non-hydrogen) atoms. The smallest absolute Gasteiger partial charge is 0.320 e. The molecule has 5 heteroatoms. The van der Waals surface area contributed by atoms with Gasteiger partial charge < -0.3 is 15.2 Å². The quantitative estimate of drug-likeness (QED) is 0.708. The molecule has 0 spiro atoms. The van der Waals surface area contributed by atoms with E-state index in [0.29, 0.717) is 13.1 Å². The van der Waals surface area contributed by atoms with E-state index < -0.39 is 0 Å². The zero-order valence-electron chi connectivity index (χ0n) is 11.0. The van der Waals surface area contributed by atoms with E-state index in [9.17, 15) is 4.79 Å². The van der Waals surface area contributed by atoms with E-state index in [1.165, 1.54) is 0 Å². The van der Waals surface area contributed by atoms with Crippen molar-refractivity contribution >= 4 is 5.97 Å². The predicted molar refractivity (Wildman–Crippen MR) is 65.7 cm³/mol. The van der Waals surface area contributed by atoms with Crippen molar-refractivity contribution in [2.24, 2.45) is 5.73 Å². The number of hydrogen-bond acceptors (Lipinski definition) is 5. The van der Waals surface area contributed by atoms with Crippen LogP contribution in [-0.4, -0.2) is 55.9 Å². The SMILES string of the molecule is COC1CCN(CC(=O)OC(C)C)C(CN)C1. The van der Waals surface area contributed by atoms with Gasteiger partial charge in [-0.3, -0.25) is 9.69 Å². The molecule has 1 aliphatic rings. The van der Waals surface area contributed by atoms with Crippen molar-refractivity contribution in [1.82, 2.24) is 4.90 Å². The van der Waals surface area contributed by atoms with E-state index in [0.717, 1.165) is 19.4 Å². The highest BCUT2D eigenvalue weighted by molar-refractivity contribution is 5.71. The first-order chi connectivity index (χ1) is 8.06. The predicted octanol–water partition coefficient (Wildman–Crippen LogP) is 0.376. The molecule has 0 saturated carbocycles. The molecule has 0 aromatic heterocycles. The standard InChI is InChI=1S/C12H24N2O3/c1-9(2)17-12(15)8-14-5-4-11(16-3)6-10(14)7-13/h9-11H,4-8,13H2,1-3H3. The molecular weight excluding hydrogens is 220 g/mol. The maximum Gasteiger partial charge on any atom is 0.320 e. The fourth-order valence-corrected chi connectivity index (χ4v) is 2.20. The van der Waals surface area contributed by atoms with Crippen molar-refractivity contribution in [3.8, 4) is 0 Å². The van der Waals surface area contributed by atoms with Gasteiger partial charge in [0.15, 0.2) is 0 Å². The fourth-order valence-electron chi connectivity index (χ4n) is 2.20. The Hall–Kier alpha value is -0.650. The van der Waals surface area contributed by atoms with Gasteiger partial charge in [0, 0.05) is 26.2 Å². The molecular formula is C12H24N2O3. The van der Waals surface area contributed by atoms with E-state index in [1.54, 1.807) is 7.11 Å². The summed E-state index contributed by atoms with van der Waals surface area (Å²) in [6.45, 7) is 5.43. The maximum absolute atomic E-state index is 11.6. The lowest BCUT2D eigenvalue weighted by Crippen LogP contribution is -2.50. The second kappa shape index (κ2) is 6.93. The number of nitrogens with zero attached hydrogens (tertiary/aromatic N) is 1. The van der Waals surface area contributed by atoms with Crippen molar-refractivity contribution in [3.63, 3.8) is 0 Å². The van der Waals surface area contributed by atoms with Crippen LogP contribution in [0.3, 0.4) is 0 Å². The Kier molecular flexibility index (Phi) is 5.88. The maximum atomic E-state index is 11.6. The molecule has 0 bridgehead atoms. The topological polar surface area (TPSA) is 64.8 Å². The second-order valence-corrected chi connectivity index (χ2v) is 4.78. The van der Waals surface area contributed by atoms with Gasteiger partial charge in [0.05, 0.1) is 18.8 Å². The summed E-state index contributed by atoms with van der Waals surface area (Å²) in [5.74, 6) is -0.172. The highest BCUT2D eigenvalue weighted by Crippen LogP contribution is 2.18. The lowest BCUT2D eigenvalue weighted by Gasteiger charge is -2.37. The summed E-state index contributed by atoms with van der Waals surface area (Å²) in [6.07, 6.45) is 2.04. The van der Waals surface area contributed by atoms with Crippen molar-refractivity contribution < 1.29 is 14.3 Å². The number of esters is 1. The van der Waals surface area contributed by atoms with E-state index in [4.69, 9.17) is 15.2 Å². The third-order valence-electron chi connectivity index (χ3n) is 3.09. The third kappa shape index (κ3) is 4.61. The minimum absolute atomic E-state index is 0.0599. The summed E-state index contributed by atoms with van der Waals surface area (Å²) in [4.78, 5) is 13.7. The van der Waals surface area contributed by atoms with Crippen LogP contribution in [0, 0.1) is 0 Å². The zero-order chi connectivity index (χ0) is 12.8. The van der Waals surface area contributed by atoms with Gasteiger partial charge in [-0.15, -0.1) is 0 Å². The Morgan fingerprint density at radius 3 is 2.76 bits per heavy atom. The van der Waals surface area contributed by atoms with Gasteiger partial charge in [-0.25, -0.2) is 0 Å². The van der Waals surface area contributed by atoms with E-state index >= 15 is 0 Å². The van der Waals surface area contributed by atoms with Gasteiger partial charge in [0.2, 0.25) is 0 Å². The third-order valence-corrected chi connectivity index (χ3v) is 3.09. The Balaban J connectivity index is 2.44. The molecule has 0 radical (unpaired) electrons. The molecule has 1 saturated heterocycles. The Morgan fingerprint density at radius 2 is 2.24 bits per heavy atom. The summed E-state index contributed by atoms with van der Waals surface area (Å²) in [5, 5.41) is 0. The summed E-state index contributed by atoms with van der Waals surface area (Å²) in [6, 6.07) is 0.216. The lowest BCUT2D eigenvalue weighted by molar-refractivity contribution is -0.150. The first kappa shape index (κ1) is 14.4. The molecule has 0 aliphatic carbocycles. The highest BCUT2D eigenvalue weighted by Gasteiger charge is 2.29. The molecule has 2 unspecified atom stereocenters.